The maximum atomic E-state index is 10.4. The molecule has 0 aliphatic rings. The van der Waals surface area contributed by atoms with Crippen molar-refractivity contribution in [2.75, 3.05) is 13.7 Å². The molecule has 6 nitrogen and oxygen atoms in total. The summed E-state index contributed by atoms with van der Waals surface area (Å²) in [7, 11) is -2.91. The van der Waals surface area contributed by atoms with E-state index >= 15 is 0 Å². The van der Waals surface area contributed by atoms with Crippen molar-refractivity contribution in [2.45, 2.75) is 0 Å². The van der Waals surface area contributed by atoms with Crippen LogP contribution in [0.3, 0.4) is 0 Å². The minimum Gasteiger partial charge on any atom is -0.549 e. The molecule has 0 aliphatic heterocycles. The minimum absolute atomic E-state index is 0. The molecule has 0 aliphatic carbocycles. The molecule has 60 valence electrons. The first-order valence-corrected chi connectivity index (χ1v) is 3.89. The molecule has 0 fully saturated rings. The molecule has 0 saturated carbocycles. The monoisotopic (exact) mass is 191 g/mol. The van der Waals surface area contributed by atoms with Crippen molar-refractivity contribution in [2.24, 2.45) is 0 Å². The largest absolute Gasteiger partial charge is 1.00 e. The molecule has 11 heavy (non-hydrogen) atoms. The van der Waals surface area contributed by atoms with E-state index in [2.05, 4.69) is 4.52 Å². The van der Waals surface area contributed by atoms with E-state index in [-0.39, 0.29) is 29.6 Å². The smallest absolute Gasteiger partial charge is 0.549 e. The number of hydrogen-bond acceptors (Lipinski definition) is 4. The molecule has 0 amide bonds. The van der Waals surface area contributed by atoms with Gasteiger partial charge in [-0.2, -0.15) is 0 Å². The number of aliphatic carboxylic acids is 1. The average Bonchev–Trinajstić information content (AvgIpc) is 1.85. The van der Waals surface area contributed by atoms with Crippen LogP contribution in [0.25, 0.3) is 0 Å². The number of carbonyl (C=O) groups excluding carboxylic acids is 1. The Morgan fingerprint density at radius 2 is 2.27 bits per heavy atom. The second-order valence-corrected chi connectivity index (χ2v) is 3.13. The van der Waals surface area contributed by atoms with Crippen LogP contribution in [0.15, 0.2) is 0 Å². The van der Waals surface area contributed by atoms with Crippen LogP contribution in [0, 0.1) is 0 Å². The third-order valence-electron chi connectivity index (χ3n) is 0.671. The Balaban J connectivity index is 0. The van der Waals surface area contributed by atoms with Gasteiger partial charge in [-0.3, -0.25) is 0 Å². The second-order valence-electron chi connectivity index (χ2n) is 1.41. The molecule has 0 heterocycles. The summed E-state index contributed by atoms with van der Waals surface area (Å²) in [5.74, 6) is -1.47. The Labute approximate surface area is 85.8 Å². The molecule has 0 aromatic heterocycles. The van der Waals surface area contributed by atoms with Crippen LogP contribution in [0.4, 0.5) is 0 Å². The van der Waals surface area contributed by atoms with Crippen LogP contribution in [0.1, 0.15) is 0 Å². The van der Waals surface area contributed by atoms with Crippen molar-refractivity contribution < 1.29 is 53.4 Å². The fraction of sp³-hybridized carbons (Fsp3) is 0.667. The van der Waals surface area contributed by atoms with E-state index in [4.69, 9.17) is 4.89 Å². The average molecular weight is 191 g/mol. The van der Waals surface area contributed by atoms with Gasteiger partial charge in [0.25, 0.3) is 0 Å². The fourth-order valence-corrected chi connectivity index (χ4v) is 0.687. The number of nitrogens with one attached hydrogen (secondary N) is 1. The van der Waals surface area contributed by atoms with Crippen molar-refractivity contribution in [3.8, 4) is 0 Å². The van der Waals surface area contributed by atoms with Crippen LogP contribution >= 0.6 is 7.75 Å². The predicted molar refractivity (Wildman–Crippen MR) is 29.8 cm³/mol. The van der Waals surface area contributed by atoms with E-state index in [1.54, 1.807) is 5.09 Å². The first-order chi connectivity index (χ1) is 4.48. The fourth-order valence-electron chi connectivity index (χ4n) is 0.229. The van der Waals surface area contributed by atoms with Crippen LogP contribution in [0.5, 0.6) is 0 Å². The maximum Gasteiger partial charge on any atom is 1.00 e. The van der Waals surface area contributed by atoms with Gasteiger partial charge in [0.05, 0.1) is 5.97 Å². The van der Waals surface area contributed by atoms with Crippen molar-refractivity contribution >= 4 is 13.7 Å². The summed E-state index contributed by atoms with van der Waals surface area (Å²) in [6.45, 7) is -0.707. The standard InChI is InChI=1S/C3H8NO5P.Na/c1-9-10(7,8)4-2-3(5)6;/h2H2,1H3,(H,5,6)(H2,4,7,8);/q;+1/p-1. The number of carboxylic acids is 1. The quantitative estimate of drug-likeness (QED) is 0.341. The van der Waals surface area contributed by atoms with Gasteiger partial charge in [0, 0.05) is 13.7 Å². The molecule has 0 rings (SSSR count). The van der Waals surface area contributed by atoms with Crippen molar-refractivity contribution in [1.29, 1.82) is 0 Å². The molecule has 1 unspecified atom stereocenters. The van der Waals surface area contributed by atoms with Crippen LogP contribution < -0.4 is 39.8 Å². The second kappa shape index (κ2) is 6.14. The molecule has 1 atom stereocenters. The summed E-state index contributed by atoms with van der Waals surface area (Å²) in [6.07, 6.45) is 0. The zero-order chi connectivity index (χ0) is 8.20. The molecule has 0 bridgehead atoms. The van der Waals surface area contributed by atoms with Gasteiger partial charge in [0.1, 0.15) is 0 Å². The van der Waals surface area contributed by atoms with Gasteiger partial charge in [-0.05, 0) is 0 Å². The summed E-state index contributed by atoms with van der Waals surface area (Å²) in [5.41, 5.74) is 0. The summed E-state index contributed by atoms with van der Waals surface area (Å²) >= 11 is 0. The van der Waals surface area contributed by atoms with Gasteiger partial charge >= 0.3 is 37.3 Å². The van der Waals surface area contributed by atoms with Crippen molar-refractivity contribution in [1.82, 2.24) is 5.09 Å². The Kier molecular flexibility index (Phi) is 7.88. The zero-order valence-electron chi connectivity index (χ0n) is 6.23. The molecular formula is C3H7NNaO5P. The number of carboxylic acid groups (broad SMARTS) is 1. The van der Waals surface area contributed by atoms with E-state index in [0.717, 1.165) is 7.11 Å². The molecule has 0 saturated heterocycles. The van der Waals surface area contributed by atoms with E-state index in [1.165, 1.54) is 0 Å². The van der Waals surface area contributed by atoms with E-state index < -0.39 is 20.3 Å². The van der Waals surface area contributed by atoms with Crippen LogP contribution in [-0.2, 0) is 13.9 Å². The topological polar surface area (TPSA) is 98.7 Å². The molecule has 0 aromatic carbocycles. The van der Waals surface area contributed by atoms with Gasteiger partial charge in [-0.25, -0.2) is 9.65 Å². The minimum atomic E-state index is -3.90. The van der Waals surface area contributed by atoms with Gasteiger partial charge < -0.3 is 19.3 Å². The first-order valence-electron chi connectivity index (χ1n) is 2.31. The summed E-state index contributed by atoms with van der Waals surface area (Å²) < 4.78 is 14.4. The van der Waals surface area contributed by atoms with Gasteiger partial charge in [-0.1, -0.05) is 0 Å². The predicted octanol–water partition coefficient (Wildman–Crippen LogP) is -4.92. The molecular weight excluding hydrogens is 184 g/mol. The van der Waals surface area contributed by atoms with E-state index in [0.29, 0.717) is 0 Å². The number of hydrogen-bond donors (Lipinski definition) is 2. The molecule has 8 heteroatoms. The number of carbonyl (C=O) groups is 1. The van der Waals surface area contributed by atoms with Gasteiger partial charge in [-0.15, -0.1) is 0 Å². The number of rotatable bonds is 4. The van der Waals surface area contributed by atoms with Gasteiger partial charge in [0.15, 0.2) is 0 Å². The summed E-state index contributed by atoms with van der Waals surface area (Å²) in [4.78, 5) is 18.2. The first kappa shape index (κ1) is 14.1. The van der Waals surface area contributed by atoms with E-state index in [1.807, 2.05) is 0 Å². The maximum absolute atomic E-state index is 10.4. The third-order valence-corrected chi connectivity index (χ3v) is 1.72. The summed E-state index contributed by atoms with van der Waals surface area (Å²) in [6, 6.07) is 0. The van der Waals surface area contributed by atoms with Crippen LogP contribution in [0.2, 0.25) is 0 Å². The van der Waals surface area contributed by atoms with E-state index in [9.17, 15) is 14.5 Å². The molecule has 2 N–H and O–H groups in total. The Bertz CT molecular complexity index is 173. The van der Waals surface area contributed by atoms with Gasteiger partial charge in [0.2, 0.25) is 0 Å². The zero-order valence-corrected chi connectivity index (χ0v) is 9.13. The third kappa shape index (κ3) is 8.49. The van der Waals surface area contributed by atoms with Crippen molar-refractivity contribution in [3.05, 3.63) is 0 Å². The molecule has 0 aromatic rings. The molecule has 0 radical (unpaired) electrons. The van der Waals surface area contributed by atoms with Crippen LogP contribution in [-0.4, -0.2) is 24.5 Å². The Hall–Kier alpha value is 0.580. The molecule has 0 spiro atoms. The Morgan fingerprint density at radius 3 is 2.55 bits per heavy atom. The summed E-state index contributed by atoms with van der Waals surface area (Å²) in [5, 5.41) is 11.4. The normalized spacial score (nSPS) is 14.7. The SMILES string of the molecule is COP(=O)(O)NCC(=O)[O-].[Na+]. The Morgan fingerprint density at radius 1 is 1.82 bits per heavy atom. The van der Waals surface area contributed by atoms with Crippen molar-refractivity contribution in [3.63, 3.8) is 0 Å².